The number of nitrogens with zero attached hydrogens (tertiary/aromatic N) is 2. The summed E-state index contributed by atoms with van der Waals surface area (Å²) in [4.78, 5) is 40.9. The highest BCUT2D eigenvalue weighted by Gasteiger charge is 2.35. The molecule has 0 N–H and O–H groups in total. The van der Waals surface area contributed by atoms with Crippen molar-refractivity contribution in [3.8, 4) is 0 Å². The van der Waals surface area contributed by atoms with Crippen LogP contribution in [0.15, 0.2) is 30.3 Å². The third kappa shape index (κ3) is 3.81. The molecule has 0 aliphatic carbocycles. The molecule has 5 nitrogen and oxygen atoms in total. The number of imide groups is 1. The lowest BCUT2D eigenvalue weighted by Crippen LogP contribution is -2.32. The van der Waals surface area contributed by atoms with Gasteiger partial charge in [0.15, 0.2) is 0 Å². The number of hydrogen-bond acceptors (Lipinski definition) is 4. The van der Waals surface area contributed by atoms with E-state index in [-0.39, 0.29) is 30.7 Å². The van der Waals surface area contributed by atoms with E-state index in [0.717, 1.165) is 10.4 Å². The van der Waals surface area contributed by atoms with Crippen LogP contribution in [-0.2, 0) is 11.3 Å². The van der Waals surface area contributed by atoms with Crippen LogP contribution >= 0.6 is 22.9 Å². The van der Waals surface area contributed by atoms with Crippen molar-refractivity contribution in [2.75, 3.05) is 13.6 Å². The Morgan fingerprint density at radius 2 is 1.88 bits per heavy atom. The molecule has 26 heavy (non-hydrogen) atoms. The molecule has 1 aromatic carbocycles. The van der Waals surface area contributed by atoms with E-state index in [0.29, 0.717) is 28.4 Å². The number of carbonyl (C=O) groups excluding carboxylic acids is 3. The minimum Gasteiger partial charge on any atom is -0.341 e. The molecule has 0 saturated carbocycles. The highest BCUT2D eigenvalue weighted by atomic mass is 35.5. The van der Waals surface area contributed by atoms with Crippen molar-refractivity contribution in [1.29, 1.82) is 0 Å². The zero-order valence-corrected chi connectivity index (χ0v) is 16.2. The van der Waals surface area contributed by atoms with Gasteiger partial charge < -0.3 is 4.90 Å². The number of halogens is 1. The lowest BCUT2D eigenvalue weighted by Gasteiger charge is -2.18. The van der Waals surface area contributed by atoms with E-state index in [1.165, 1.54) is 16.2 Å². The van der Waals surface area contributed by atoms with E-state index >= 15 is 0 Å². The summed E-state index contributed by atoms with van der Waals surface area (Å²) in [6.45, 7) is 2.63. The third-order valence-corrected chi connectivity index (χ3v) is 5.56. The molecule has 0 atom stereocenters. The number of benzene rings is 1. The molecule has 1 aliphatic rings. The summed E-state index contributed by atoms with van der Waals surface area (Å²) >= 11 is 7.35. The molecule has 0 spiro atoms. The van der Waals surface area contributed by atoms with E-state index in [1.807, 2.05) is 25.1 Å². The average molecular weight is 391 g/mol. The molecule has 0 radical (unpaired) electrons. The van der Waals surface area contributed by atoms with Gasteiger partial charge in [0, 0.05) is 24.9 Å². The number of aryl methyl sites for hydroxylation is 1. The molecular formula is C19H19ClN2O3S. The lowest BCUT2D eigenvalue weighted by molar-refractivity contribution is -0.130. The predicted molar refractivity (Wildman–Crippen MR) is 102 cm³/mol. The second kappa shape index (κ2) is 7.60. The Kier molecular flexibility index (Phi) is 5.44. The zero-order valence-electron chi connectivity index (χ0n) is 14.6. The van der Waals surface area contributed by atoms with Crippen LogP contribution in [0.4, 0.5) is 0 Å². The minimum absolute atomic E-state index is 0.0259. The van der Waals surface area contributed by atoms with Crippen LogP contribution in [0.1, 0.15) is 44.0 Å². The van der Waals surface area contributed by atoms with Crippen LogP contribution < -0.4 is 0 Å². The number of amides is 3. The second-order valence-electron chi connectivity index (χ2n) is 6.37. The van der Waals surface area contributed by atoms with Gasteiger partial charge in [-0.2, -0.15) is 0 Å². The van der Waals surface area contributed by atoms with Crippen LogP contribution in [0.5, 0.6) is 0 Å². The summed E-state index contributed by atoms with van der Waals surface area (Å²) in [7, 11) is 1.74. The van der Waals surface area contributed by atoms with Crippen molar-refractivity contribution in [2.45, 2.75) is 26.3 Å². The van der Waals surface area contributed by atoms with Crippen LogP contribution in [0.25, 0.3) is 0 Å². The molecule has 2 aromatic rings. The second-order valence-corrected chi connectivity index (χ2v) is 8.17. The fourth-order valence-corrected chi connectivity index (χ4v) is 4.09. The Morgan fingerprint density at radius 1 is 1.15 bits per heavy atom. The molecular weight excluding hydrogens is 372 g/mol. The molecule has 2 heterocycles. The van der Waals surface area contributed by atoms with Gasteiger partial charge >= 0.3 is 0 Å². The van der Waals surface area contributed by atoms with Gasteiger partial charge in [0.05, 0.1) is 22.0 Å². The molecule has 0 saturated heterocycles. The van der Waals surface area contributed by atoms with E-state index in [2.05, 4.69) is 0 Å². The summed E-state index contributed by atoms with van der Waals surface area (Å²) in [5.74, 6) is -0.580. The largest absolute Gasteiger partial charge is 0.341 e. The topological polar surface area (TPSA) is 57.7 Å². The maximum Gasteiger partial charge on any atom is 0.261 e. The first-order valence-electron chi connectivity index (χ1n) is 8.32. The van der Waals surface area contributed by atoms with Gasteiger partial charge in [-0.3, -0.25) is 19.3 Å². The first-order valence-corrected chi connectivity index (χ1v) is 9.51. The number of hydrogen-bond donors (Lipinski definition) is 0. The van der Waals surface area contributed by atoms with Crippen LogP contribution in [-0.4, -0.2) is 41.1 Å². The average Bonchev–Trinajstić information content (AvgIpc) is 3.10. The van der Waals surface area contributed by atoms with Crippen molar-refractivity contribution in [3.05, 3.63) is 56.2 Å². The van der Waals surface area contributed by atoms with Gasteiger partial charge in [0.25, 0.3) is 11.8 Å². The van der Waals surface area contributed by atoms with Gasteiger partial charge in [-0.25, -0.2) is 0 Å². The monoisotopic (exact) mass is 390 g/mol. The number of carbonyl (C=O) groups is 3. The van der Waals surface area contributed by atoms with Crippen molar-refractivity contribution in [2.24, 2.45) is 0 Å². The van der Waals surface area contributed by atoms with Crippen LogP contribution in [0.3, 0.4) is 0 Å². The van der Waals surface area contributed by atoms with Crippen molar-refractivity contribution < 1.29 is 14.4 Å². The maximum atomic E-state index is 12.4. The fourth-order valence-electron chi connectivity index (χ4n) is 2.95. The van der Waals surface area contributed by atoms with E-state index in [9.17, 15) is 14.4 Å². The smallest absolute Gasteiger partial charge is 0.261 e. The molecule has 136 valence electrons. The Hall–Kier alpha value is -2.18. The van der Waals surface area contributed by atoms with Crippen molar-refractivity contribution in [3.63, 3.8) is 0 Å². The Morgan fingerprint density at radius 3 is 2.58 bits per heavy atom. The van der Waals surface area contributed by atoms with E-state index in [4.69, 9.17) is 11.6 Å². The Balaban J connectivity index is 1.52. The molecule has 3 amide bonds. The quantitative estimate of drug-likeness (QED) is 0.706. The minimum atomic E-state index is -0.279. The van der Waals surface area contributed by atoms with Crippen molar-refractivity contribution >= 4 is 40.7 Å². The molecule has 3 rings (SSSR count). The third-order valence-electron chi connectivity index (χ3n) is 4.35. The zero-order chi connectivity index (χ0) is 18.8. The number of thiophene rings is 1. The summed E-state index contributed by atoms with van der Waals surface area (Å²) in [6, 6.07) is 8.96. The number of fused-ring (bicyclic) bond motifs is 1. The molecule has 0 fully saturated rings. The van der Waals surface area contributed by atoms with Gasteiger partial charge in [0.1, 0.15) is 0 Å². The first kappa shape index (κ1) is 18.6. The van der Waals surface area contributed by atoms with Crippen LogP contribution in [0, 0.1) is 6.92 Å². The van der Waals surface area contributed by atoms with Gasteiger partial charge in [-0.05, 0) is 37.6 Å². The molecule has 1 aliphatic heterocycles. The summed E-state index contributed by atoms with van der Waals surface area (Å²) in [6.07, 6.45) is 0.723. The van der Waals surface area contributed by atoms with Gasteiger partial charge in [-0.1, -0.05) is 23.2 Å². The highest BCUT2D eigenvalue weighted by Crippen LogP contribution is 2.25. The standard InChI is InChI=1S/C19H19ClN2O3S/c1-12-5-7-14-15(10-12)19(25)22(18(14)24)9-3-4-17(23)21(2)11-13-6-8-16(20)26-13/h5-8,10H,3-4,9,11H2,1-2H3. The lowest BCUT2D eigenvalue weighted by atomic mass is 10.1. The van der Waals surface area contributed by atoms with Crippen LogP contribution in [0.2, 0.25) is 4.34 Å². The highest BCUT2D eigenvalue weighted by molar-refractivity contribution is 7.16. The molecule has 0 bridgehead atoms. The SMILES string of the molecule is Cc1ccc2c(c1)C(=O)N(CCCC(=O)N(C)Cc1ccc(Cl)s1)C2=O. The van der Waals surface area contributed by atoms with E-state index < -0.39 is 0 Å². The summed E-state index contributed by atoms with van der Waals surface area (Å²) in [5, 5.41) is 0. The molecule has 0 unspecified atom stereocenters. The fraction of sp³-hybridized carbons (Fsp3) is 0.316. The van der Waals surface area contributed by atoms with Gasteiger partial charge in [0.2, 0.25) is 5.91 Å². The molecule has 7 heteroatoms. The summed E-state index contributed by atoms with van der Waals surface area (Å²) < 4.78 is 0.696. The maximum absolute atomic E-state index is 12.4. The normalized spacial score (nSPS) is 13.3. The Labute approximate surface area is 161 Å². The first-order chi connectivity index (χ1) is 12.4. The number of rotatable bonds is 6. The van der Waals surface area contributed by atoms with E-state index in [1.54, 1.807) is 24.1 Å². The summed E-state index contributed by atoms with van der Waals surface area (Å²) in [5.41, 5.74) is 1.84. The Bertz CT molecular complexity index is 877. The van der Waals surface area contributed by atoms with Crippen molar-refractivity contribution in [1.82, 2.24) is 9.80 Å². The predicted octanol–water partition coefficient (Wildman–Crippen LogP) is 3.74. The van der Waals surface area contributed by atoms with Gasteiger partial charge in [-0.15, -0.1) is 11.3 Å². The molecule has 1 aromatic heterocycles.